The van der Waals surface area contributed by atoms with Crippen LogP contribution in [0, 0.1) is 11.6 Å². The monoisotopic (exact) mass is 329 g/mol. The highest BCUT2D eigenvalue weighted by molar-refractivity contribution is 6.35. The fourth-order valence-corrected chi connectivity index (χ4v) is 2.31. The molecule has 1 amide bonds. The lowest BCUT2D eigenvalue weighted by molar-refractivity contribution is 0.0950. The van der Waals surface area contributed by atoms with Crippen molar-refractivity contribution in [3.63, 3.8) is 0 Å². The van der Waals surface area contributed by atoms with Crippen molar-refractivity contribution in [2.45, 2.75) is 6.42 Å². The molecule has 2 rings (SSSR count). The number of halogens is 4. The van der Waals surface area contributed by atoms with Gasteiger partial charge in [-0.25, -0.2) is 8.78 Å². The van der Waals surface area contributed by atoms with Crippen molar-refractivity contribution >= 4 is 29.1 Å². The molecule has 0 aliphatic carbocycles. The molecule has 2 nitrogen and oxygen atoms in total. The van der Waals surface area contributed by atoms with Crippen LogP contribution >= 0.6 is 23.2 Å². The molecular formula is C15H11Cl2F2NO. The number of amides is 1. The molecule has 110 valence electrons. The lowest BCUT2D eigenvalue weighted by Gasteiger charge is -2.08. The van der Waals surface area contributed by atoms with Crippen molar-refractivity contribution in [3.05, 3.63) is 69.2 Å². The zero-order valence-corrected chi connectivity index (χ0v) is 12.3. The first kappa shape index (κ1) is 15.7. The number of nitrogens with one attached hydrogen (secondary N) is 1. The van der Waals surface area contributed by atoms with E-state index in [1.807, 2.05) is 0 Å². The van der Waals surface area contributed by atoms with Crippen LogP contribution in [0.1, 0.15) is 15.9 Å². The van der Waals surface area contributed by atoms with Gasteiger partial charge in [0.1, 0.15) is 11.6 Å². The second kappa shape index (κ2) is 6.87. The minimum Gasteiger partial charge on any atom is -0.352 e. The summed E-state index contributed by atoms with van der Waals surface area (Å²) >= 11 is 11.8. The molecule has 0 unspecified atom stereocenters. The summed E-state index contributed by atoms with van der Waals surface area (Å²) < 4.78 is 26.2. The Balaban J connectivity index is 1.95. The van der Waals surface area contributed by atoms with E-state index in [4.69, 9.17) is 23.2 Å². The molecule has 0 aliphatic heterocycles. The average molecular weight is 330 g/mol. The lowest BCUT2D eigenvalue weighted by atomic mass is 10.1. The summed E-state index contributed by atoms with van der Waals surface area (Å²) in [5.41, 5.74) is 0.625. The summed E-state index contributed by atoms with van der Waals surface area (Å²) in [4.78, 5) is 11.8. The molecule has 0 heterocycles. The van der Waals surface area contributed by atoms with Gasteiger partial charge in [-0.2, -0.15) is 0 Å². The second-order valence-electron chi connectivity index (χ2n) is 4.37. The van der Waals surface area contributed by atoms with Gasteiger partial charge in [-0.1, -0.05) is 29.3 Å². The molecule has 21 heavy (non-hydrogen) atoms. The van der Waals surface area contributed by atoms with Crippen molar-refractivity contribution in [2.24, 2.45) is 0 Å². The van der Waals surface area contributed by atoms with Crippen LogP contribution in [0.25, 0.3) is 0 Å². The van der Waals surface area contributed by atoms with Crippen LogP contribution < -0.4 is 5.32 Å². The highest BCUT2D eigenvalue weighted by atomic mass is 35.5. The smallest absolute Gasteiger partial charge is 0.254 e. The van der Waals surface area contributed by atoms with Gasteiger partial charge < -0.3 is 5.32 Å². The number of hydrogen-bond acceptors (Lipinski definition) is 1. The molecule has 0 spiro atoms. The van der Waals surface area contributed by atoms with Gasteiger partial charge in [0.2, 0.25) is 0 Å². The summed E-state index contributed by atoms with van der Waals surface area (Å²) in [5, 5.41) is 3.59. The molecule has 1 N–H and O–H groups in total. The molecule has 0 saturated heterocycles. The predicted molar refractivity (Wildman–Crippen MR) is 78.9 cm³/mol. The number of carbonyl (C=O) groups is 1. The standard InChI is InChI=1S/C15H11Cl2F2NO/c16-10-2-1-9(13(17)7-10)5-6-20-15(21)12-4-3-11(18)8-14(12)19/h1-4,7-8H,5-6H2,(H,20,21). The molecule has 0 saturated carbocycles. The van der Waals surface area contributed by atoms with E-state index in [2.05, 4.69) is 5.32 Å². The maximum atomic E-state index is 13.4. The first-order chi connectivity index (χ1) is 9.97. The van der Waals surface area contributed by atoms with Gasteiger partial charge in [-0.3, -0.25) is 4.79 Å². The van der Waals surface area contributed by atoms with Gasteiger partial charge in [-0.05, 0) is 36.2 Å². The topological polar surface area (TPSA) is 29.1 Å². The molecule has 6 heteroatoms. The average Bonchev–Trinajstić information content (AvgIpc) is 2.41. The quantitative estimate of drug-likeness (QED) is 0.892. The fourth-order valence-electron chi connectivity index (χ4n) is 1.80. The molecule has 2 aromatic rings. The van der Waals surface area contributed by atoms with Crippen LogP contribution in [0.3, 0.4) is 0 Å². The first-order valence-electron chi connectivity index (χ1n) is 6.14. The van der Waals surface area contributed by atoms with Gasteiger partial charge in [0.05, 0.1) is 5.56 Å². The molecule has 0 aromatic heterocycles. The van der Waals surface area contributed by atoms with Crippen LogP contribution in [-0.4, -0.2) is 12.5 Å². The normalized spacial score (nSPS) is 10.5. The number of carbonyl (C=O) groups excluding carboxylic acids is 1. The van der Waals surface area contributed by atoms with Crippen LogP contribution in [-0.2, 0) is 6.42 Å². The zero-order chi connectivity index (χ0) is 15.4. The largest absolute Gasteiger partial charge is 0.352 e. The summed E-state index contributed by atoms with van der Waals surface area (Å²) in [5.74, 6) is -2.22. The Morgan fingerprint density at radius 1 is 1.10 bits per heavy atom. The Labute approximate surface area is 130 Å². The van der Waals surface area contributed by atoms with Gasteiger partial charge in [-0.15, -0.1) is 0 Å². The van der Waals surface area contributed by atoms with E-state index in [-0.39, 0.29) is 12.1 Å². The molecule has 0 fully saturated rings. The number of hydrogen-bond donors (Lipinski definition) is 1. The third-order valence-electron chi connectivity index (χ3n) is 2.87. The van der Waals surface area contributed by atoms with Gasteiger partial charge in [0, 0.05) is 22.7 Å². The summed E-state index contributed by atoms with van der Waals surface area (Å²) in [7, 11) is 0. The Hall–Kier alpha value is -1.65. The SMILES string of the molecule is O=C(NCCc1ccc(Cl)cc1Cl)c1ccc(F)cc1F. The Bertz CT molecular complexity index is 677. The summed E-state index contributed by atoms with van der Waals surface area (Å²) in [6, 6.07) is 7.88. The maximum Gasteiger partial charge on any atom is 0.254 e. The molecule has 2 aromatic carbocycles. The molecule has 0 radical (unpaired) electrons. The molecular weight excluding hydrogens is 319 g/mol. The highest BCUT2D eigenvalue weighted by Crippen LogP contribution is 2.21. The van der Waals surface area contributed by atoms with Crippen LogP contribution in [0.2, 0.25) is 10.0 Å². The van der Waals surface area contributed by atoms with E-state index < -0.39 is 17.5 Å². The van der Waals surface area contributed by atoms with Crippen molar-refractivity contribution in [1.82, 2.24) is 5.32 Å². The second-order valence-corrected chi connectivity index (χ2v) is 5.21. The third-order valence-corrected chi connectivity index (χ3v) is 3.46. The zero-order valence-electron chi connectivity index (χ0n) is 10.8. The van der Waals surface area contributed by atoms with Gasteiger partial charge in [0.25, 0.3) is 5.91 Å². The van der Waals surface area contributed by atoms with Crippen molar-refractivity contribution in [3.8, 4) is 0 Å². The van der Waals surface area contributed by atoms with E-state index in [1.54, 1.807) is 18.2 Å². The van der Waals surface area contributed by atoms with Gasteiger partial charge in [0.15, 0.2) is 0 Å². The Kier molecular flexibility index (Phi) is 5.15. The minimum absolute atomic E-state index is 0.196. The first-order valence-corrected chi connectivity index (χ1v) is 6.90. The summed E-state index contributed by atoms with van der Waals surface area (Å²) in [6.45, 7) is 0.275. The fraction of sp³-hybridized carbons (Fsp3) is 0.133. The van der Waals surface area contributed by atoms with Crippen LogP contribution in [0.15, 0.2) is 36.4 Å². The Morgan fingerprint density at radius 2 is 1.86 bits per heavy atom. The van der Waals surface area contributed by atoms with Crippen LogP contribution in [0.5, 0.6) is 0 Å². The number of benzene rings is 2. The van der Waals surface area contributed by atoms with E-state index >= 15 is 0 Å². The van der Waals surface area contributed by atoms with Crippen molar-refractivity contribution < 1.29 is 13.6 Å². The van der Waals surface area contributed by atoms with E-state index in [0.29, 0.717) is 22.5 Å². The lowest BCUT2D eigenvalue weighted by Crippen LogP contribution is -2.26. The Morgan fingerprint density at radius 3 is 2.52 bits per heavy atom. The van der Waals surface area contributed by atoms with Crippen molar-refractivity contribution in [1.29, 1.82) is 0 Å². The van der Waals surface area contributed by atoms with E-state index in [9.17, 15) is 13.6 Å². The third kappa shape index (κ3) is 4.16. The molecule has 0 atom stereocenters. The van der Waals surface area contributed by atoms with E-state index in [1.165, 1.54) is 0 Å². The predicted octanol–water partition coefficient (Wildman–Crippen LogP) is 4.24. The molecule has 0 aliphatic rings. The minimum atomic E-state index is -0.892. The van der Waals surface area contributed by atoms with E-state index in [0.717, 1.165) is 17.7 Å². The van der Waals surface area contributed by atoms with Gasteiger partial charge >= 0.3 is 0 Å². The van der Waals surface area contributed by atoms with Crippen LogP contribution in [0.4, 0.5) is 8.78 Å². The van der Waals surface area contributed by atoms with Crippen molar-refractivity contribution in [2.75, 3.05) is 6.54 Å². The highest BCUT2D eigenvalue weighted by Gasteiger charge is 2.12. The summed E-state index contributed by atoms with van der Waals surface area (Å²) in [6.07, 6.45) is 0.477. The number of rotatable bonds is 4. The molecule has 0 bridgehead atoms. The maximum absolute atomic E-state index is 13.4.